The molecule has 0 radical (unpaired) electrons. The zero-order valence-electron chi connectivity index (χ0n) is 13.3. The molecule has 0 bridgehead atoms. The van der Waals surface area contributed by atoms with Crippen LogP contribution in [-0.4, -0.2) is 7.05 Å². The Morgan fingerprint density at radius 1 is 0.905 bits per heavy atom. The molecule has 1 N–H and O–H groups in total. The summed E-state index contributed by atoms with van der Waals surface area (Å²) in [5.74, 6) is 0.813. The standard InChI is InChI=1S/C20H25N/c1-14-11-15(2)13-19(12-14)20(21-3)18-9-7-17(8-10-18)16-5-4-6-16/h7-13,16,20-21H,4-6H2,1-3H3. The average molecular weight is 279 g/mol. The van der Waals surface area contributed by atoms with Gasteiger partial charge in [-0.2, -0.15) is 0 Å². The van der Waals surface area contributed by atoms with Crippen LogP contribution in [0.4, 0.5) is 0 Å². The molecule has 1 aliphatic rings. The van der Waals surface area contributed by atoms with E-state index in [0.717, 1.165) is 5.92 Å². The third-order valence-corrected chi connectivity index (χ3v) is 4.71. The van der Waals surface area contributed by atoms with Crippen LogP contribution in [0.5, 0.6) is 0 Å². The molecule has 1 fully saturated rings. The van der Waals surface area contributed by atoms with E-state index < -0.39 is 0 Å². The predicted molar refractivity (Wildman–Crippen MR) is 89.9 cm³/mol. The first-order valence-corrected chi connectivity index (χ1v) is 8.02. The van der Waals surface area contributed by atoms with Crippen LogP contribution in [0.1, 0.15) is 59.0 Å². The summed E-state index contributed by atoms with van der Waals surface area (Å²) < 4.78 is 0. The first-order chi connectivity index (χ1) is 10.2. The van der Waals surface area contributed by atoms with Gasteiger partial charge in [-0.25, -0.2) is 0 Å². The number of aryl methyl sites for hydroxylation is 2. The number of rotatable bonds is 4. The third kappa shape index (κ3) is 3.03. The Morgan fingerprint density at radius 3 is 2.00 bits per heavy atom. The zero-order chi connectivity index (χ0) is 14.8. The van der Waals surface area contributed by atoms with Crippen LogP contribution in [0.3, 0.4) is 0 Å². The van der Waals surface area contributed by atoms with Crippen molar-refractivity contribution in [3.63, 3.8) is 0 Å². The Balaban J connectivity index is 1.88. The van der Waals surface area contributed by atoms with Crippen molar-refractivity contribution < 1.29 is 0 Å². The van der Waals surface area contributed by atoms with Gasteiger partial charge in [-0.05, 0) is 56.3 Å². The molecule has 2 aromatic carbocycles. The van der Waals surface area contributed by atoms with Crippen molar-refractivity contribution in [3.05, 3.63) is 70.3 Å². The molecule has 0 heterocycles. The van der Waals surface area contributed by atoms with Gasteiger partial charge in [0.25, 0.3) is 0 Å². The quantitative estimate of drug-likeness (QED) is 0.841. The van der Waals surface area contributed by atoms with Crippen molar-refractivity contribution in [1.82, 2.24) is 5.32 Å². The van der Waals surface area contributed by atoms with Gasteiger partial charge in [0.05, 0.1) is 6.04 Å². The van der Waals surface area contributed by atoms with Crippen molar-refractivity contribution in [2.24, 2.45) is 0 Å². The maximum Gasteiger partial charge on any atom is 0.0574 e. The van der Waals surface area contributed by atoms with E-state index in [9.17, 15) is 0 Å². The molecule has 21 heavy (non-hydrogen) atoms. The Morgan fingerprint density at radius 2 is 1.52 bits per heavy atom. The molecule has 0 amide bonds. The molecule has 1 atom stereocenters. The van der Waals surface area contributed by atoms with Crippen LogP contribution in [0.2, 0.25) is 0 Å². The summed E-state index contributed by atoms with van der Waals surface area (Å²) in [5.41, 5.74) is 6.88. The summed E-state index contributed by atoms with van der Waals surface area (Å²) in [7, 11) is 2.04. The molecular formula is C20H25N. The Labute approximate surface area is 128 Å². The van der Waals surface area contributed by atoms with Gasteiger partial charge in [0.2, 0.25) is 0 Å². The first-order valence-electron chi connectivity index (χ1n) is 8.02. The summed E-state index contributed by atoms with van der Waals surface area (Å²) in [4.78, 5) is 0. The minimum Gasteiger partial charge on any atom is -0.309 e. The molecule has 1 unspecified atom stereocenters. The van der Waals surface area contributed by atoms with E-state index in [0.29, 0.717) is 0 Å². The normalized spacial score (nSPS) is 16.5. The van der Waals surface area contributed by atoms with Crippen LogP contribution < -0.4 is 5.32 Å². The lowest BCUT2D eigenvalue weighted by Crippen LogP contribution is -2.18. The predicted octanol–water partition coefficient (Wildman–Crippen LogP) is 4.88. The second kappa shape index (κ2) is 6.03. The summed E-state index contributed by atoms with van der Waals surface area (Å²) in [5, 5.41) is 3.47. The third-order valence-electron chi connectivity index (χ3n) is 4.71. The van der Waals surface area contributed by atoms with Crippen LogP contribution >= 0.6 is 0 Å². The van der Waals surface area contributed by atoms with Gasteiger partial charge >= 0.3 is 0 Å². The largest absolute Gasteiger partial charge is 0.309 e. The van der Waals surface area contributed by atoms with E-state index >= 15 is 0 Å². The Hall–Kier alpha value is -1.60. The minimum atomic E-state index is 0.277. The summed E-state index contributed by atoms with van der Waals surface area (Å²) >= 11 is 0. The molecule has 3 rings (SSSR count). The van der Waals surface area contributed by atoms with Crippen molar-refractivity contribution in [3.8, 4) is 0 Å². The fraction of sp³-hybridized carbons (Fsp3) is 0.400. The molecule has 2 aromatic rings. The van der Waals surface area contributed by atoms with Crippen molar-refractivity contribution >= 4 is 0 Å². The average Bonchev–Trinajstić information content (AvgIpc) is 2.38. The lowest BCUT2D eigenvalue weighted by atomic mass is 9.79. The SMILES string of the molecule is CNC(c1ccc(C2CCC2)cc1)c1cc(C)cc(C)c1. The van der Waals surface area contributed by atoms with Gasteiger partial charge in [-0.1, -0.05) is 60.0 Å². The van der Waals surface area contributed by atoms with E-state index in [1.165, 1.54) is 47.1 Å². The zero-order valence-corrected chi connectivity index (χ0v) is 13.3. The molecule has 1 heteroatoms. The molecule has 0 aromatic heterocycles. The van der Waals surface area contributed by atoms with E-state index in [1.54, 1.807) is 0 Å². The van der Waals surface area contributed by atoms with E-state index in [4.69, 9.17) is 0 Å². The van der Waals surface area contributed by atoms with Crippen LogP contribution in [-0.2, 0) is 0 Å². The van der Waals surface area contributed by atoms with Crippen molar-refractivity contribution in [2.45, 2.75) is 45.1 Å². The van der Waals surface area contributed by atoms with Crippen LogP contribution in [0.25, 0.3) is 0 Å². The minimum absolute atomic E-state index is 0.277. The highest BCUT2D eigenvalue weighted by atomic mass is 14.9. The smallest absolute Gasteiger partial charge is 0.0574 e. The fourth-order valence-corrected chi connectivity index (χ4v) is 3.40. The van der Waals surface area contributed by atoms with Gasteiger partial charge in [0.15, 0.2) is 0 Å². The maximum absolute atomic E-state index is 3.47. The van der Waals surface area contributed by atoms with Gasteiger partial charge in [0, 0.05) is 0 Å². The van der Waals surface area contributed by atoms with Gasteiger partial charge in [-0.3, -0.25) is 0 Å². The summed E-state index contributed by atoms with van der Waals surface area (Å²) in [6.45, 7) is 4.34. The number of hydrogen-bond acceptors (Lipinski definition) is 1. The number of hydrogen-bond donors (Lipinski definition) is 1. The van der Waals surface area contributed by atoms with Crippen LogP contribution in [0.15, 0.2) is 42.5 Å². The van der Waals surface area contributed by atoms with Crippen molar-refractivity contribution in [1.29, 1.82) is 0 Å². The molecule has 0 aliphatic heterocycles. The van der Waals surface area contributed by atoms with Gasteiger partial charge in [-0.15, -0.1) is 0 Å². The van der Waals surface area contributed by atoms with E-state index in [2.05, 4.69) is 61.6 Å². The molecule has 1 nitrogen and oxygen atoms in total. The molecule has 0 spiro atoms. The topological polar surface area (TPSA) is 12.0 Å². The highest BCUT2D eigenvalue weighted by Crippen LogP contribution is 2.36. The van der Waals surface area contributed by atoms with Crippen molar-refractivity contribution in [2.75, 3.05) is 7.05 Å². The summed E-state index contributed by atoms with van der Waals surface area (Å²) in [6.07, 6.45) is 4.13. The Kier molecular flexibility index (Phi) is 4.12. The van der Waals surface area contributed by atoms with Gasteiger partial charge < -0.3 is 5.32 Å². The molecule has 110 valence electrons. The fourth-order valence-electron chi connectivity index (χ4n) is 3.40. The lowest BCUT2D eigenvalue weighted by Gasteiger charge is -2.26. The first kappa shape index (κ1) is 14.3. The monoisotopic (exact) mass is 279 g/mol. The highest BCUT2D eigenvalue weighted by molar-refractivity contribution is 5.38. The van der Waals surface area contributed by atoms with Gasteiger partial charge in [0.1, 0.15) is 0 Å². The second-order valence-corrected chi connectivity index (χ2v) is 6.44. The van der Waals surface area contributed by atoms with E-state index in [-0.39, 0.29) is 6.04 Å². The number of nitrogens with one attached hydrogen (secondary N) is 1. The lowest BCUT2D eigenvalue weighted by molar-refractivity contribution is 0.419. The molecule has 1 saturated carbocycles. The Bertz CT molecular complexity index is 588. The maximum atomic E-state index is 3.47. The highest BCUT2D eigenvalue weighted by Gasteiger charge is 2.20. The van der Waals surface area contributed by atoms with Crippen LogP contribution in [0, 0.1) is 13.8 Å². The molecular weight excluding hydrogens is 254 g/mol. The molecule has 0 saturated heterocycles. The second-order valence-electron chi connectivity index (χ2n) is 6.44. The van der Waals surface area contributed by atoms with E-state index in [1.807, 2.05) is 7.05 Å². The number of benzene rings is 2. The molecule has 1 aliphatic carbocycles. The summed E-state index contributed by atoms with van der Waals surface area (Å²) in [6, 6.07) is 16.3.